The van der Waals surface area contributed by atoms with Crippen molar-refractivity contribution >= 4 is 10.9 Å². The zero-order chi connectivity index (χ0) is 11.0. The van der Waals surface area contributed by atoms with Gasteiger partial charge in [-0.25, -0.2) is 0 Å². The van der Waals surface area contributed by atoms with Gasteiger partial charge in [0.15, 0.2) is 0 Å². The molecule has 0 aliphatic carbocycles. The Morgan fingerprint density at radius 1 is 1.33 bits per heavy atom. The number of fused-ring (bicyclic) bond motifs is 1. The topological polar surface area (TPSA) is 30.9 Å². The van der Waals surface area contributed by atoms with Gasteiger partial charge in [-0.3, -0.25) is 0 Å². The molecule has 2 heteroatoms. The van der Waals surface area contributed by atoms with Crippen LogP contribution in [0.25, 0.3) is 10.9 Å². The second-order valence-corrected chi connectivity index (χ2v) is 4.40. The van der Waals surface area contributed by atoms with Crippen molar-refractivity contribution in [2.75, 3.05) is 0 Å². The number of nitrogens with zero attached hydrogens (tertiary/aromatic N) is 1. The van der Waals surface area contributed by atoms with Gasteiger partial charge in [0.25, 0.3) is 0 Å². The van der Waals surface area contributed by atoms with Gasteiger partial charge in [-0.1, -0.05) is 26.0 Å². The summed E-state index contributed by atoms with van der Waals surface area (Å²) in [5.74, 6) is 0.575. The summed E-state index contributed by atoms with van der Waals surface area (Å²) in [6, 6.07) is 6.65. The molecule has 0 amide bonds. The molecule has 15 heavy (non-hydrogen) atoms. The molecule has 2 N–H and O–H groups in total. The first-order valence-electron chi connectivity index (χ1n) is 5.41. The van der Waals surface area contributed by atoms with E-state index < -0.39 is 0 Å². The molecule has 1 aromatic carbocycles. The highest BCUT2D eigenvalue weighted by atomic mass is 14.9. The summed E-state index contributed by atoms with van der Waals surface area (Å²) in [6.07, 6.45) is 2.12. The molecule has 80 valence electrons. The maximum Gasteiger partial charge on any atom is 0.0483 e. The molecule has 0 saturated carbocycles. The average molecular weight is 202 g/mol. The smallest absolute Gasteiger partial charge is 0.0483 e. The fourth-order valence-electron chi connectivity index (χ4n) is 2.01. The molecule has 0 aliphatic heterocycles. The van der Waals surface area contributed by atoms with Crippen molar-refractivity contribution in [2.45, 2.75) is 26.3 Å². The van der Waals surface area contributed by atoms with E-state index in [4.69, 9.17) is 5.73 Å². The van der Waals surface area contributed by atoms with E-state index in [1.807, 2.05) is 0 Å². The Bertz CT molecular complexity index is 480. The van der Waals surface area contributed by atoms with E-state index in [0.717, 1.165) is 0 Å². The van der Waals surface area contributed by atoms with Gasteiger partial charge >= 0.3 is 0 Å². The first kappa shape index (κ1) is 10.2. The number of nitrogens with two attached hydrogens (primary N) is 1. The van der Waals surface area contributed by atoms with E-state index in [1.54, 1.807) is 0 Å². The van der Waals surface area contributed by atoms with Crippen LogP contribution in [-0.4, -0.2) is 4.57 Å². The maximum absolute atomic E-state index is 5.71. The van der Waals surface area contributed by atoms with Gasteiger partial charge in [0, 0.05) is 30.7 Å². The lowest BCUT2D eigenvalue weighted by Gasteiger charge is -2.06. The molecule has 0 unspecified atom stereocenters. The SMILES string of the molecule is CC(C)c1ccc2c(CN)cn(C)c2c1. The van der Waals surface area contributed by atoms with Crippen molar-refractivity contribution < 1.29 is 0 Å². The van der Waals surface area contributed by atoms with Crippen LogP contribution in [0.3, 0.4) is 0 Å². The first-order chi connectivity index (χ1) is 7.13. The predicted molar refractivity (Wildman–Crippen MR) is 64.9 cm³/mol. The van der Waals surface area contributed by atoms with Crippen molar-refractivity contribution in [3.05, 3.63) is 35.5 Å². The summed E-state index contributed by atoms with van der Waals surface area (Å²) in [7, 11) is 2.08. The Morgan fingerprint density at radius 3 is 2.67 bits per heavy atom. The number of hydrogen-bond donors (Lipinski definition) is 1. The third-order valence-electron chi connectivity index (χ3n) is 2.98. The third kappa shape index (κ3) is 1.65. The molecule has 1 heterocycles. The molecule has 0 bridgehead atoms. The van der Waals surface area contributed by atoms with Crippen molar-refractivity contribution in [2.24, 2.45) is 12.8 Å². The second kappa shape index (κ2) is 3.70. The van der Waals surface area contributed by atoms with Gasteiger partial charge in [-0.05, 0) is 23.1 Å². The van der Waals surface area contributed by atoms with Crippen LogP contribution in [0, 0.1) is 0 Å². The fraction of sp³-hybridized carbons (Fsp3) is 0.385. The molecular weight excluding hydrogens is 184 g/mol. The van der Waals surface area contributed by atoms with E-state index in [9.17, 15) is 0 Å². The van der Waals surface area contributed by atoms with E-state index in [2.05, 4.69) is 49.9 Å². The van der Waals surface area contributed by atoms with Crippen LogP contribution in [0.4, 0.5) is 0 Å². The Hall–Kier alpha value is -1.28. The second-order valence-electron chi connectivity index (χ2n) is 4.40. The van der Waals surface area contributed by atoms with Gasteiger partial charge in [0.2, 0.25) is 0 Å². The van der Waals surface area contributed by atoms with Crippen LogP contribution >= 0.6 is 0 Å². The largest absolute Gasteiger partial charge is 0.350 e. The van der Waals surface area contributed by atoms with Crippen LogP contribution in [0.5, 0.6) is 0 Å². The number of benzene rings is 1. The van der Waals surface area contributed by atoms with Crippen molar-refractivity contribution in [1.82, 2.24) is 4.57 Å². The minimum atomic E-state index is 0.575. The number of aryl methyl sites for hydroxylation is 1. The Balaban J connectivity index is 2.66. The number of hydrogen-bond acceptors (Lipinski definition) is 1. The van der Waals surface area contributed by atoms with Gasteiger partial charge in [0.1, 0.15) is 0 Å². The zero-order valence-corrected chi connectivity index (χ0v) is 9.62. The van der Waals surface area contributed by atoms with Crippen LogP contribution in [0.1, 0.15) is 30.9 Å². The van der Waals surface area contributed by atoms with E-state index in [-0.39, 0.29) is 0 Å². The monoisotopic (exact) mass is 202 g/mol. The van der Waals surface area contributed by atoms with Crippen molar-refractivity contribution in [3.8, 4) is 0 Å². The molecule has 2 rings (SSSR count). The highest BCUT2D eigenvalue weighted by Gasteiger charge is 2.07. The van der Waals surface area contributed by atoms with Crippen LogP contribution < -0.4 is 5.73 Å². The van der Waals surface area contributed by atoms with Crippen molar-refractivity contribution in [1.29, 1.82) is 0 Å². The van der Waals surface area contributed by atoms with Crippen LogP contribution in [0.2, 0.25) is 0 Å². The Kier molecular flexibility index (Phi) is 2.53. The fourth-order valence-corrected chi connectivity index (χ4v) is 2.01. The molecule has 2 aromatic rings. The summed E-state index contributed by atoms with van der Waals surface area (Å²) < 4.78 is 2.16. The lowest BCUT2D eigenvalue weighted by molar-refractivity contribution is 0.865. The molecule has 0 atom stereocenters. The molecule has 0 fully saturated rings. The normalized spacial score (nSPS) is 11.5. The third-order valence-corrected chi connectivity index (χ3v) is 2.98. The molecule has 0 saturated heterocycles. The van der Waals surface area contributed by atoms with Gasteiger partial charge in [-0.2, -0.15) is 0 Å². The molecule has 0 spiro atoms. The highest BCUT2D eigenvalue weighted by Crippen LogP contribution is 2.24. The highest BCUT2D eigenvalue weighted by molar-refractivity contribution is 5.84. The van der Waals surface area contributed by atoms with E-state index in [1.165, 1.54) is 22.0 Å². The minimum Gasteiger partial charge on any atom is -0.350 e. The first-order valence-corrected chi connectivity index (χ1v) is 5.41. The molecular formula is C13H18N2. The summed E-state index contributed by atoms with van der Waals surface area (Å²) in [5.41, 5.74) is 9.60. The van der Waals surface area contributed by atoms with E-state index in [0.29, 0.717) is 12.5 Å². The molecule has 2 nitrogen and oxygen atoms in total. The number of rotatable bonds is 2. The molecule has 0 radical (unpaired) electrons. The van der Waals surface area contributed by atoms with Gasteiger partial charge in [0.05, 0.1) is 0 Å². The Morgan fingerprint density at radius 2 is 2.07 bits per heavy atom. The lowest BCUT2D eigenvalue weighted by Crippen LogP contribution is -1.94. The Labute approximate surface area is 90.7 Å². The summed E-state index contributed by atoms with van der Waals surface area (Å²) in [6.45, 7) is 5.04. The average Bonchev–Trinajstić information content (AvgIpc) is 2.55. The number of aromatic nitrogens is 1. The minimum absolute atomic E-state index is 0.575. The van der Waals surface area contributed by atoms with Gasteiger partial charge < -0.3 is 10.3 Å². The van der Waals surface area contributed by atoms with Crippen LogP contribution in [0.15, 0.2) is 24.4 Å². The summed E-state index contributed by atoms with van der Waals surface area (Å²) >= 11 is 0. The quantitative estimate of drug-likeness (QED) is 0.797. The maximum atomic E-state index is 5.71. The van der Waals surface area contributed by atoms with Gasteiger partial charge in [-0.15, -0.1) is 0 Å². The summed E-state index contributed by atoms with van der Waals surface area (Å²) in [4.78, 5) is 0. The van der Waals surface area contributed by atoms with Crippen LogP contribution in [-0.2, 0) is 13.6 Å². The standard InChI is InChI=1S/C13H18N2/c1-9(2)10-4-5-12-11(7-14)8-15(3)13(12)6-10/h4-6,8-9H,7,14H2,1-3H3. The molecule has 1 aromatic heterocycles. The van der Waals surface area contributed by atoms with E-state index >= 15 is 0 Å². The van der Waals surface area contributed by atoms with Crippen molar-refractivity contribution in [3.63, 3.8) is 0 Å². The zero-order valence-electron chi connectivity index (χ0n) is 9.62. The lowest BCUT2D eigenvalue weighted by atomic mass is 10.0. The summed E-state index contributed by atoms with van der Waals surface area (Å²) in [5, 5.41) is 1.28. The predicted octanol–water partition coefficient (Wildman–Crippen LogP) is 2.76. The molecule has 0 aliphatic rings.